The van der Waals surface area contributed by atoms with Crippen molar-refractivity contribution < 1.29 is 13.2 Å². The minimum atomic E-state index is -3.41. The summed E-state index contributed by atoms with van der Waals surface area (Å²) in [4.78, 5) is 12.4. The Morgan fingerprint density at radius 2 is 1.64 bits per heavy atom. The smallest absolute Gasteiger partial charge is 0.243 e. The van der Waals surface area contributed by atoms with E-state index in [-0.39, 0.29) is 5.91 Å². The van der Waals surface area contributed by atoms with E-state index in [1.165, 1.54) is 25.7 Å². The first-order chi connectivity index (χ1) is 12.1. The lowest BCUT2D eigenvalue weighted by molar-refractivity contribution is -0.116. The Hall–Kier alpha value is -1.40. The Balaban J connectivity index is 1.55. The summed E-state index contributed by atoms with van der Waals surface area (Å²) in [6, 6.07) is 6.56. The van der Waals surface area contributed by atoms with E-state index in [2.05, 4.69) is 5.32 Å². The number of carbonyl (C=O) groups is 1. The van der Waals surface area contributed by atoms with E-state index in [0.29, 0.717) is 36.0 Å². The van der Waals surface area contributed by atoms with Gasteiger partial charge < -0.3 is 5.32 Å². The molecule has 1 heterocycles. The van der Waals surface area contributed by atoms with Crippen LogP contribution < -0.4 is 5.32 Å². The molecule has 1 aromatic rings. The number of anilines is 1. The third-order valence-corrected chi connectivity index (χ3v) is 7.26. The molecule has 0 bridgehead atoms. The number of rotatable bonds is 6. The Kier molecular flexibility index (Phi) is 6.12. The number of hydrogen-bond acceptors (Lipinski definition) is 3. The molecule has 1 saturated carbocycles. The van der Waals surface area contributed by atoms with Crippen LogP contribution in [0.3, 0.4) is 0 Å². The average Bonchev–Trinajstić information content (AvgIpc) is 3.15. The van der Waals surface area contributed by atoms with Crippen LogP contribution in [0.25, 0.3) is 0 Å². The zero-order valence-corrected chi connectivity index (χ0v) is 15.6. The maximum atomic E-state index is 12.6. The fourth-order valence-electron chi connectivity index (χ4n) is 3.82. The van der Waals surface area contributed by atoms with Gasteiger partial charge in [-0.25, -0.2) is 8.42 Å². The standard InChI is InChI=1S/C19H28N2O3S/c22-19(13-8-16-6-2-3-7-16)20-17-9-11-18(12-10-17)25(23,24)21-14-4-1-5-15-21/h9-12,16H,1-8,13-15H2,(H,20,22). The summed E-state index contributed by atoms with van der Waals surface area (Å²) >= 11 is 0. The molecule has 1 amide bonds. The van der Waals surface area contributed by atoms with Crippen molar-refractivity contribution in [2.45, 2.75) is 62.7 Å². The molecule has 6 heteroatoms. The van der Waals surface area contributed by atoms with E-state index in [1.807, 2.05) is 0 Å². The molecule has 0 unspecified atom stereocenters. The molecule has 1 aliphatic carbocycles. The van der Waals surface area contributed by atoms with E-state index in [1.54, 1.807) is 28.6 Å². The van der Waals surface area contributed by atoms with Gasteiger partial charge in [-0.3, -0.25) is 4.79 Å². The van der Waals surface area contributed by atoms with Gasteiger partial charge in [-0.1, -0.05) is 32.1 Å². The normalized spacial score (nSPS) is 19.8. The van der Waals surface area contributed by atoms with Crippen molar-refractivity contribution in [3.63, 3.8) is 0 Å². The number of hydrogen-bond donors (Lipinski definition) is 1. The van der Waals surface area contributed by atoms with Crippen molar-refractivity contribution in [1.29, 1.82) is 0 Å². The van der Waals surface area contributed by atoms with Crippen LogP contribution >= 0.6 is 0 Å². The third kappa shape index (κ3) is 4.82. The molecule has 1 aromatic carbocycles. The highest BCUT2D eigenvalue weighted by atomic mass is 32.2. The number of carbonyl (C=O) groups excluding carboxylic acids is 1. The first-order valence-corrected chi connectivity index (χ1v) is 10.9. The molecule has 1 aliphatic heterocycles. The first-order valence-electron chi connectivity index (χ1n) is 9.46. The summed E-state index contributed by atoms with van der Waals surface area (Å²) in [5.74, 6) is 0.710. The van der Waals surface area contributed by atoms with Gasteiger partial charge in [0.15, 0.2) is 0 Å². The second kappa shape index (κ2) is 8.32. The second-order valence-corrected chi connectivity index (χ2v) is 9.16. The number of amides is 1. The van der Waals surface area contributed by atoms with E-state index in [9.17, 15) is 13.2 Å². The van der Waals surface area contributed by atoms with E-state index >= 15 is 0 Å². The van der Waals surface area contributed by atoms with Gasteiger partial charge in [0.1, 0.15) is 0 Å². The van der Waals surface area contributed by atoms with Crippen LogP contribution in [0, 0.1) is 5.92 Å². The summed E-state index contributed by atoms with van der Waals surface area (Å²) in [7, 11) is -3.41. The van der Waals surface area contributed by atoms with E-state index in [0.717, 1.165) is 25.7 Å². The predicted molar refractivity (Wildman–Crippen MR) is 98.9 cm³/mol. The summed E-state index contributed by atoms with van der Waals surface area (Å²) in [6.07, 6.45) is 9.51. The van der Waals surface area contributed by atoms with E-state index < -0.39 is 10.0 Å². The van der Waals surface area contributed by atoms with Crippen LogP contribution in [-0.4, -0.2) is 31.7 Å². The van der Waals surface area contributed by atoms with Gasteiger partial charge in [-0.05, 0) is 49.4 Å². The molecule has 5 nitrogen and oxygen atoms in total. The number of benzene rings is 1. The van der Waals surface area contributed by atoms with Crippen molar-refractivity contribution in [2.24, 2.45) is 5.92 Å². The molecule has 0 radical (unpaired) electrons. The predicted octanol–water partition coefficient (Wildman–Crippen LogP) is 3.77. The van der Waals surface area contributed by atoms with Crippen molar-refractivity contribution >= 4 is 21.6 Å². The summed E-state index contributed by atoms with van der Waals surface area (Å²) in [5, 5.41) is 2.88. The van der Waals surface area contributed by atoms with Gasteiger partial charge in [0, 0.05) is 25.2 Å². The molecule has 1 N–H and O–H groups in total. The SMILES string of the molecule is O=C(CCC1CCCC1)Nc1ccc(S(=O)(=O)N2CCCCC2)cc1. The highest BCUT2D eigenvalue weighted by Crippen LogP contribution is 2.28. The molecule has 25 heavy (non-hydrogen) atoms. The highest BCUT2D eigenvalue weighted by Gasteiger charge is 2.25. The Morgan fingerprint density at radius 3 is 2.28 bits per heavy atom. The molecule has 138 valence electrons. The molecular weight excluding hydrogens is 336 g/mol. The fraction of sp³-hybridized carbons (Fsp3) is 0.632. The molecule has 1 saturated heterocycles. The van der Waals surface area contributed by atoms with Crippen molar-refractivity contribution in [3.8, 4) is 0 Å². The molecular formula is C19H28N2O3S. The average molecular weight is 365 g/mol. The topological polar surface area (TPSA) is 66.5 Å². The van der Waals surface area contributed by atoms with Crippen molar-refractivity contribution in [1.82, 2.24) is 4.31 Å². The summed E-state index contributed by atoms with van der Waals surface area (Å²) in [6.45, 7) is 1.20. The van der Waals surface area contributed by atoms with Crippen LogP contribution in [0.4, 0.5) is 5.69 Å². The fourth-order valence-corrected chi connectivity index (χ4v) is 5.34. The van der Waals surface area contributed by atoms with Gasteiger partial charge in [0.2, 0.25) is 15.9 Å². The van der Waals surface area contributed by atoms with Gasteiger partial charge in [0.25, 0.3) is 0 Å². The zero-order chi connectivity index (χ0) is 17.7. The molecule has 0 spiro atoms. The molecule has 2 fully saturated rings. The maximum absolute atomic E-state index is 12.6. The van der Waals surface area contributed by atoms with Crippen LogP contribution in [0.2, 0.25) is 0 Å². The van der Waals surface area contributed by atoms with Gasteiger partial charge in [-0.15, -0.1) is 0 Å². The van der Waals surface area contributed by atoms with Gasteiger partial charge in [-0.2, -0.15) is 4.31 Å². The van der Waals surface area contributed by atoms with Gasteiger partial charge >= 0.3 is 0 Å². The largest absolute Gasteiger partial charge is 0.326 e. The molecule has 0 atom stereocenters. The number of piperidine rings is 1. The maximum Gasteiger partial charge on any atom is 0.243 e. The second-order valence-electron chi connectivity index (χ2n) is 7.23. The minimum absolute atomic E-state index is 0.0125. The highest BCUT2D eigenvalue weighted by molar-refractivity contribution is 7.89. The quantitative estimate of drug-likeness (QED) is 0.835. The lowest BCUT2D eigenvalue weighted by atomic mass is 10.0. The lowest BCUT2D eigenvalue weighted by Gasteiger charge is -2.25. The van der Waals surface area contributed by atoms with Crippen molar-refractivity contribution in [2.75, 3.05) is 18.4 Å². The number of nitrogens with zero attached hydrogens (tertiary/aromatic N) is 1. The molecule has 3 rings (SSSR count). The Morgan fingerprint density at radius 1 is 1.00 bits per heavy atom. The first kappa shape index (κ1) is 18.4. The van der Waals surface area contributed by atoms with Crippen molar-refractivity contribution in [3.05, 3.63) is 24.3 Å². The third-order valence-electron chi connectivity index (χ3n) is 5.35. The van der Waals surface area contributed by atoms with E-state index in [4.69, 9.17) is 0 Å². The van der Waals surface area contributed by atoms with Gasteiger partial charge in [0.05, 0.1) is 4.90 Å². The number of sulfonamides is 1. The van der Waals surface area contributed by atoms with Crippen LogP contribution in [0.5, 0.6) is 0 Å². The van der Waals surface area contributed by atoms with Crippen LogP contribution in [0.1, 0.15) is 57.8 Å². The monoisotopic (exact) mass is 364 g/mol. The summed E-state index contributed by atoms with van der Waals surface area (Å²) in [5.41, 5.74) is 0.661. The molecule has 0 aromatic heterocycles. The number of nitrogens with one attached hydrogen (secondary N) is 1. The summed E-state index contributed by atoms with van der Waals surface area (Å²) < 4.78 is 26.8. The lowest BCUT2D eigenvalue weighted by Crippen LogP contribution is -2.35. The molecule has 2 aliphatic rings. The Bertz CT molecular complexity index is 673. The van der Waals surface area contributed by atoms with Crippen LogP contribution in [-0.2, 0) is 14.8 Å². The van der Waals surface area contributed by atoms with Crippen LogP contribution in [0.15, 0.2) is 29.2 Å². The Labute approximate surface area is 150 Å². The zero-order valence-electron chi connectivity index (χ0n) is 14.7. The minimum Gasteiger partial charge on any atom is -0.326 e.